The zero-order valence-corrected chi connectivity index (χ0v) is 12.0. The van der Waals surface area contributed by atoms with Gasteiger partial charge in [0.05, 0.1) is 6.10 Å². The second-order valence-electron chi connectivity index (χ2n) is 4.62. The molecule has 1 saturated heterocycles. The molecule has 0 unspecified atom stereocenters. The van der Waals surface area contributed by atoms with E-state index in [9.17, 15) is 14.7 Å². The molecule has 0 aromatic heterocycles. The Labute approximate surface area is 126 Å². The molecule has 1 fully saturated rings. The Morgan fingerprint density at radius 3 is 2.60 bits per heavy atom. The van der Waals surface area contributed by atoms with Gasteiger partial charge in [-0.2, -0.15) is 0 Å². The number of hydrogen-bond acceptors (Lipinski definition) is 3. The number of halogens is 2. The van der Waals surface area contributed by atoms with Gasteiger partial charge < -0.3 is 15.7 Å². The van der Waals surface area contributed by atoms with E-state index in [0.717, 1.165) is 0 Å². The van der Waals surface area contributed by atoms with Crippen molar-refractivity contribution in [3.05, 3.63) is 33.8 Å². The van der Waals surface area contributed by atoms with Crippen LogP contribution in [-0.2, 0) is 9.59 Å². The number of carbonyl (C=O) groups excluding carboxylic acids is 2. The van der Waals surface area contributed by atoms with Crippen LogP contribution in [0.3, 0.4) is 0 Å². The van der Waals surface area contributed by atoms with Crippen molar-refractivity contribution in [2.24, 2.45) is 0 Å². The zero-order valence-electron chi connectivity index (χ0n) is 10.5. The second kappa shape index (κ2) is 6.43. The number of rotatable bonds is 4. The molecule has 0 radical (unpaired) electrons. The summed E-state index contributed by atoms with van der Waals surface area (Å²) in [6.45, 7) is 0.0296. The summed E-state index contributed by atoms with van der Waals surface area (Å²) in [4.78, 5) is 22.8. The number of benzene rings is 1. The first-order valence-electron chi connectivity index (χ1n) is 6.17. The molecule has 3 N–H and O–H groups in total. The summed E-state index contributed by atoms with van der Waals surface area (Å²) in [7, 11) is 0. The van der Waals surface area contributed by atoms with Gasteiger partial charge in [0.2, 0.25) is 11.8 Å². The first-order valence-corrected chi connectivity index (χ1v) is 6.92. The lowest BCUT2D eigenvalue weighted by Gasteiger charge is -2.15. The van der Waals surface area contributed by atoms with E-state index >= 15 is 0 Å². The molecule has 108 valence electrons. The molecule has 2 amide bonds. The summed E-state index contributed by atoms with van der Waals surface area (Å²) in [5.41, 5.74) is 0.526. The van der Waals surface area contributed by atoms with Gasteiger partial charge in [-0.05, 0) is 30.2 Å². The minimum Gasteiger partial charge on any atom is -0.387 e. The maximum atomic E-state index is 11.8. The number of aliphatic hydroxyl groups excluding tert-OH is 1. The molecule has 0 spiro atoms. The van der Waals surface area contributed by atoms with Gasteiger partial charge in [-0.3, -0.25) is 9.59 Å². The maximum absolute atomic E-state index is 11.8. The Hall–Kier alpha value is -1.30. The highest BCUT2D eigenvalue weighted by Crippen LogP contribution is 2.23. The van der Waals surface area contributed by atoms with E-state index in [2.05, 4.69) is 10.6 Å². The molecule has 0 saturated carbocycles. The second-order valence-corrected chi connectivity index (χ2v) is 5.50. The van der Waals surface area contributed by atoms with Gasteiger partial charge in [0.25, 0.3) is 0 Å². The molecule has 1 heterocycles. The van der Waals surface area contributed by atoms with Gasteiger partial charge in [-0.25, -0.2) is 0 Å². The number of nitrogens with one attached hydrogen (secondary N) is 2. The quantitative estimate of drug-likeness (QED) is 0.786. The third kappa shape index (κ3) is 3.85. The van der Waals surface area contributed by atoms with Crippen LogP contribution in [0.4, 0.5) is 0 Å². The van der Waals surface area contributed by atoms with Crippen molar-refractivity contribution in [3.8, 4) is 0 Å². The Kier molecular flexibility index (Phi) is 4.86. The van der Waals surface area contributed by atoms with Crippen LogP contribution < -0.4 is 10.6 Å². The van der Waals surface area contributed by atoms with Crippen LogP contribution in [-0.4, -0.2) is 29.5 Å². The summed E-state index contributed by atoms with van der Waals surface area (Å²) >= 11 is 11.7. The van der Waals surface area contributed by atoms with Crippen LogP contribution in [0.15, 0.2) is 18.2 Å². The van der Waals surface area contributed by atoms with Crippen LogP contribution in [0.1, 0.15) is 24.5 Å². The molecule has 1 aromatic rings. The molecule has 0 bridgehead atoms. The van der Waals surface area contributed by atoms with Crippen molar-refractivity contribution in [1.29, 1.82) is 0 Å². The highest BCUT2D eigenvalue weighted by Gasteiger charge is 2.27. The number of hydrogen-bond donors (Lipinski definition) is 3. The topological polar surface area (TPSA) is 78.4 Å². The van der Waals surface area contributed by atoms with Crippen LogP contribution >= 0.6 is 23.2 Å². The Balaban J connectivity index is 1.90. The first kappa shape index (κ1) is 15.1. The SMILES string of the molecule is O=C1CC[C@@H](C(=O)NC[C@H](O)c2cc(Cl)cc(Cl)c2)N1. The van der Waals surface area contributed by atoms with Crippen molar-refractivity contribution in [3.63, 3.8) is 0 Å². The van der Waals surface area contributed by atoms with Gasteiger partial charge in [-0.1, -0.05) is 23.2 Å². The highest BCUT2D eigenvalue weighted by atomic mass is 35.5. The fourth-order valence-corrected chi connectivity index (χ4v) is 2.56. The van der Waals surface area contributed by atoms with Gasteiger partial charge in [0.1, 0.15) is 6.04 Å². The summed E-state index contributed by atoms with van der Waals surface area (Å²) < 4.78 is 0. The zero-order chi connectivity index (χ0) is 14.7. The molecule has 2 atom stereocenters. The van der Waals surface area contributed by atoms with E-state index in [4.69, 9.17) is 23.2 Å². The molecule has 7 heteroatoms. The van der Waals surface area contributed by atoms with Crippen molar-refractivity contribution < 1.29 is 14.7 Å². The smallest absolute Gasteiger partial charge is 0.242 e. The van der Waals surface area contributed by atoms with Crippen LogP contribution in [0.5, 0.6) is 0 Å². The molecule has 20 heavy (non-hydrogen) atoms. The molecule has 2 rings (SSSR count). The van der Waals surface area contributed by atoms with E-state index < -0.39 is 12.1 Å². The lowest BCUT2D eigenvalue weighted by atomic mass is 10.1. The fraction of sp³-hybridized carbons (Fsp3) is 0.385. The van der Waals surface area contributed by atoms with Gasteiger partial charge in [0.15, 0.2) is 0 Å². The summed E-state index contributed by atoms with van der Waals surface area (Å²) in [5, 5.41) is 16.0. The molecular weight excluding hydrogens is 303 g/mol. The summed E-state index contributed by atoms with van der Waals surface area (Å²) in [6.07, 6.45) is -0.0823. The molecule has 0 aliphatic carbocycles. The standard InChI is InChI=1S/C13H14Cl2N2O3/c14-8-3-7(4-9(15)5-8)11(18)6-16-13(20)10-1-2-12(19)17-10/h3-5,10-11,18H,1-2,6H2,(H,16,20)(H,17,19)/t10-,11-/m0/s1. The predicted octanol–water partition coefficient (Wildman–Crippen LogP) is 1.42. The minimum atomic E-state index is -0.910. The normalized spacial score (nSPS) is 19.6. The molecule has 1 aromatic carbocycles. The van der Waals surface area contributed by atoms with Crippen LogP contribution in [0.2, 0.25) is 10.0 Å². The van der Waals surface area contributed by atoms with Crippen LogP contribution in [0.25, 0.3) is 0 Å². The molecular formula is C13H14Cl2N2O3. The van der Waals surface area contributed by atoms with Crippen molar-refractivity contribution in [2.75, 3.05) is 6.54 Å². The van der Waals surface area contributed by atoms with E-state index in [1.807, 2.05) is 0 Å². The first-order chi connectivity index (χ1) is 9.45. The molecule has 1 aliphatic rings. The Bertz CT molecular complexity index is 516. The Morgan fingerprint density at radius 1 is 1.40 bits per heavy atom. The fourth-order valence-electron chi connectivity index (χ4n) is 2.02. The number of carbonyl (C=O) groups is 2. The average Bonchev–Trinajstić information content (AvgIpc) is 2.81. The number of amides is 2. The summed E-state index contributed by atoms with van der Waals surface area (Å²) in [5.74, 6) is -0.435. The molecule has 1 aliphatic heterocycles. The van der Waals surface area contributed by atoms with Crippen LogP contribution in [0, 0.1) is 0 Å². The third-order valence-electron chi connectivity index (χ3n) is 3.05. The monoisotopic (exact) mass is 316 g/mol. The van der Waals surface area contributed by atoms with E-state index in [-0.39, 0.29) is 18.4 Å². The van der Waals surface area contributed by atoms with Crippen molar-refractivity contribution in [1.82, 2.24) is 10.6 Å². The van der Waals surface area contributed by atoms with Crippen molar-refractivity contribution in [2.45, 2.75) is 25.0 Å². The number of aliphatic hydroxyl groups is 1. The Morgan fingerprint density at radius 2 is 2.05 bits per heavy atom. The predicted molar refractivity (Wildman–Crippen MR) is 75.6 cm³/mol. The average molecular weight is 317 g/mol. The van der Waals surface area contributed by atoms with E-state index in [1.54, 1.807) is 18.2 Å². The van der Waals surface area contributed by atoms with E-state index in [1.165, 1.54) is 0 Å². The summed E-state index contributed by atoms with van der Waals surface area (Å²) in [6, 6.07) is 4.22. The largest absolute Gasteiger partial charge is 0.387 e. The highest BCUT2D eigenvalue weighted by molar-refractivity contribution is 6.34. The minimum absolute atomic E-state index is 0.0296. The third-order valence-corrected chi connectivity index (χ3v) is 3.49. The van der Waals surface area contributed by atoms with Gasteiger partial charge in [0, 0.05) is 23.0 Å². The lowest BCUT2D eigenvalue weighted by Crippen LogP contribution is -2.42. The lowest BCUT2D eigenvalue weighted by molar-refractivity contribution is -0.126. The van der Waals surface area contributed by atoms with Crippen molar-refractivity contribution >= 4 is 35.0 Å². The maximum Gasteiger partial charge on any atom is 0.242 e. The van der Waals surface area contributed by atoms with Gasteiger partial charge in [-0.15, -0.1) is 0 Å². The van der Waals surface area contributed by atoms with Gasteiger partial charge >= 0.3 is 0 Å². The van der Waals surface area contributed by atoms with E-state index in [0.29, 0.717) is 28.5 Å². The molecule has 5 nitrogen and oxygen atoms in total.